The van der Waals surface area contributed by atoms with E-state index in [0.717, 1.165) is 12.1 Å². The van der Waals surface area contributed by atoms with Crippen molar-refractivity contribution in [3.63, 3.8) is 0 Å². The smallest absolute Gasteiger partial charge is 0.416 e. The SMILES string of the molecule is CC(=O)NCc1ccc(-c2cccc(C(F)(F)F)c2)o1. The minimum atomic E-state index is -4.39. The number of carbonyl (C=O) groups is 1. The lowest BCUT2D eigenvalue weighted by Gasteiger charge is -2.07. The number of benzene rings is 1. The van der Waals surface area contributed by atoms with E-state index >= 15 is 0 Å². The van der Waals surface area contributed by atoms with Gasteiger partial charge in [-0.15, -0.1) is 0 Å². The van der Waals surface area contributed by atoms with Gasteiger partial charge in [-0.2, -0.15) is 13.2 Å². The highest BCUT2D eigenvalue weighted by Crippen LogP contribution is 2.32. The van der Waals surface area contributed by atoms with E-state index in [-0.39, 0.29) is 12.5 Å². The van der Waals surface area contributed by atoms with Crippen molar-refractivity contribution < 1.29 is 22.4 Å². The molecule has 20 heavy (non-hydrogen) atoms. The molecule has 1 heterocycles. The number of furan rings is 1. The molecule has 0 unspecified atom stereocenters. The summed E-state index contributed by atoms with van der Waals surface area (Å²) in [6.45, 7) is 1.57. The largest absolute Gasteiger partial charge is 0.459 e. The van der Waals surface area contributed by atoms with Crippen LogP contribution in [0.1, 0.15) is 18.2 Å². The fourth-order valence-corrected chi connectivity index (χ4v) is 1.69. The van der Waals surface area contributed by atoms with E-state index in [0.29, 0.717) is 17.1 Å². The average Bonchev–Trinajstić information content (AvgIpc) is 2.84. The second-order valence-corrected chi connectivity index (χ2v) is 4.25. The first-order valence-electron chi connectivity index (χ1n) is 5.87. The van der Waals surface area contributed by atoms with Crippen LogP contribution in [0, 0.1) is 0 Å². The number of halogens is 3. The summed E-state index contributed by atoms with van der Waals surface area (Å²) in [5, 5.41) is 2.55. The van der Waals surface area contributed by atoms with Gasteiger partial charge < -0.3 is 9.73 Å². The predicted octanol–water partition coefficient (Wildman–Crippen LogP) is 3.60. The molecule has 1 N–H and O–H groups in total. The molecular formula is C14H12F3NO2. The van der Waals surface area contributed by atoms with Crippen LogP contribution in [0.4, 0.5) is 13.2 Å². The Hall–Kier alpha value is -2.24. The summed E-state index contributed by atoms with van der Waals surface area (Å²) in [5.41, 5.74) is -0.385. The molecule has 0 saturated heterocycles. The van der Waals surface area contributed by atoms with Crippen LogP contribution in [0.15, 0.2) is 40.8 Å². The molecule has 0 atom stereocenters. The van der Waals surface area contributed by atoms with Gasteiger partial charge in [-0.05, 0) is 24.3 Å². The van der Waals surface area contributed by atoms with Gasteiger partial charge in [0, 0.05) is 12.5 Å². The highest BCUT2D eigenvalue weighted by atomic mass is 19.4. The summed E-state index contributed by atoms with van der Waals surface area (Å²) in [7, 11) is 0. The molecule has 6 heteroatoms. The van der Waals surface area contributed by atoms with Crippen molar-refractivity contribution in [2.24, 2.45) is 0 Å². The Balaban J connectivity index is 2.22. The van der Waals surface area contributed by atoms with Crippen LogP contribution in [0.3, 0.4) is 0 Å². The minimum Gasteiger partial charge on any atom is -0.459 e. The quantitative estimate of drug-likeness (QED) is 0.935. The van der Waals surface area contributed by atoms with E-state index in [1.807, 2.05) is 0 Å². The molecule has 106 valence electrons. The number of carbonyl (C=O) groups excluding carboxylic acids is 1. The molecule has 0 radical (unpaired) electrons. The topological polar surface area (TPSA) is 42.2 Å². The molecule has 0 fully saturated rings. The van der Waals surface area contributed by atoms with E-state index in [1.165, 1.54) is 19.1 Å². The van der Waals surface area contributed by atoms with Crippen LogP contribution < -0.4 is 5.32 Å². The highest BCUT2D eigenvalue weighted by Gasteiger charge is 2.30. The van der Waals surface area contributed by atoms with E-state index in [9.17, 15) is 18.0 Å². The van der Waals surface area contributed by atoms with Crippen LogP contribution in [-0.2, 0) is 17.5 Å². The molecule has 0 aliphatic rings. The normalized spacial score (nSPS) is 11.4. The van der Waals surface area contributed by atoms with Gasteiger partial charge >= 0.3 is 6.18 Å². The van der Waals surface area contributed by atoms with Gasteiger partial charge in [0.25, 0.3) is 0 Å². The molecule has 2 rings (SSSR count). The Morgan fingerprint density at radius 1 is 1.25 bits per heavy atom. The third-order valence-electron chi connectivity index (χ3n) is 2.65. The van der Waals surface area contributed by atoms with E-state index < -0.39 is 11.7 Å². The van der Waals surface area contributed by atoms with Crippen molar-refractivity contribution in [2.45, 2.75) is 19.6 Å². The maximum Gasteiger partial charge on any atom is 0.416 e. The van der Waals surface area contributed by atoms with Crippen molar-refractivity contribution in [1.29, 1.82) is 0 Å². The average molecular weight is 283 g/mol. The first kappa shape index (κ1) is 14.2. The summed E-state index contributed by atoms with van der Waals surface area (Å²) in [6, 6.07) is 8.09. The van der Waals surface area contributed by atoms with E-state index in [4.69, 9.17) is 4.42 Å². The van der Waals surface area contributed by atoms with Crippen molar-refractivity contribution >= 4 is 5.91 Å². The zero-order valence-electron chi connectivity index (χ0n) is 10.6. The summed E-state index contributed by atoms with van der Waals surface area (Å²) in [6.07, 6.45) is -4.39. The predicted molar refractivity (Wildman–Crippen MR) is 66.7 cm³/mol. The van der Waals surface area contributed by atoms with Gasteiger partial charge in [0.1, 0.15) is 11.5 Å². The Kier molecular flexibility index (Phi) is 3.83. The Morgan fingerprint density at radius 2 is 2.00 bits per heavy atom. The summed E-state index contributed by atoms with van der Waals surface area (Å²) in [5.74, 6) is 0.603. The fourth-order valence-electron chi connectivity index (χ4n) is 1.69. The standard InChI is InChI=1S/C14H12F3NO2/c1-9(19)18-8-12-5-6-13(20-12)10-3-2-4-11(7-10)14(15,16)17/h2-7H,8H2,1H3,(H,18,19). The van der Waals surface area contributed by atoms with Crippen molar-refractivity contribution in [2.75, 3.05) is 0 Å². The molecule has 0 saturated carbocycles. The molecular weight excluding hydrogens is 271 g/mol. The highest BCUT2D eigenvalue weighted by molar-refractivity contribution is 5.72. The number of hydrogen-bond acceptors (Lipinski definition) is 2. The summed E-state index contributed by atoms with van der Waals surface area (Å²) >= 11 is 0. The van der Waals surface area contributed by atoms with Gasteiger partial charge in [-0.25, -0.2) is 0 Å². The van der Waals surface area contributed by atoms with E-state index in [1.54, 1.807) is 12.1 Å². The van der Waals surface area contributed by atoms with Crippen LogP contribution >= 0.6 is 0 Å². The lowest BCUT2D eigenvalue weighted by atomic mass is 10.1. The zero-order chi connectivity index (χ0) is 14.8. The molecule has 0 spiro atoms. The van der Waals surface area contributed by atoms with Crippen molar-refractivity contribution in [3.05, 3.63) is 47.7 Å². The third-order valence-corrected chi connectivity index (χ3v) is 2.65. The first-order valence-corrected chi connectivity index (χ1v) is 5.87. The molecule has 0 aliphatic heterocycles. The van der Waals surface area contributed by atoms with Gasteiger partial charge in [0.05, 0.1) is 12.1 Å². The second kappa shape index (κ2) is 5.40. The maximum absolute atomic E-state index is 12.6. The number of hydrogen-bond donors (Lipinski definition) is 1. The monoisotopic (exact) mass is 283 g/mol. The molecule has 0 aliphatic carbocycles. The Labute approximate surface area is 113 Å². The number of alkyl halides is 3. The fraction of sp³-hybridized carbons (Fsp3) is 0.214. The molecule has 0 bridgehead atoms. The Bertz CT molecular complexity index is 617. The first-order chi connectivity index (χ1) is 9.36. The van der Waals surface area contributed by atoms with Gasteiger partial charge in [0.2, 0.25) is 5.91 Å². The zero-order valence-corrected chi connectivity index (χ0v) is 10.6. The summed E-state index contributed by atoms with van der Waals surface area (Å²) < 4.78 is 43.3. The number of nitrogens with one attached hydrogen (secondary N) is 1. The molecule has 1 aromatic carbocycles. The van der Waals surface area contributed by atoms with Crippen LogP contribution in [0.25, 0.3) is 11.3 Å². The van der Waals surface area contributed by atoms with Gasteiger partial charge in [-0.1, -0.05) is 12.1 Å². The van der Waals surface area contributed by atoms with Gasteiger partial charge in [-0.3, -0.25) is 4.79 Å². The van der Waals surface area contributed by atoms with Crippen LogP contribution in [0.5, 0.6) is 0 Å². The third kappa shape index (κ3) is 3.40. The molecule has 1 aromatic heterocycles. The summed E-state index contributed by atoms with van der Waals surface area (Å²) in [4.78, 5) is 10.8. The minimum absolute atomic E-state index is 0.203. The Morgan fingerprint density at radius 3 is 2.65 bits per heavy atom. The molecule has 1 amide bonds. The van der Waals surface area contributed by atoms with Gasteiger partial charge in [0.15, 0.2) is 0 Å². The molecule has 2 aromatic rings. The van der Waals surface area contributed by atoms with Crippen molar-refractivity contribution in [3.8, 4) is 11.3 Å². The van der Waals surface area contributed by atoms with E-state index in [2.05, 4.69) is 5.32 Å². The number of rotatable bonds is 3. The van der Waals surface area contributed by atoms with Crippen LogP contribution in [-0.4, -0.2) is 5.91 Å². The van der Waals surface area contributed by atoms with Crippen LogP contribution in [0.2, 0.25) is 0 Å². The van der Waals surface area contributed by atoms with Crippen molar-refractivity contribution in [1.82, 2.24) is 5.32 Å². The lowest BCUT2D eigenvalue weighted by Crippen LogP contribution is -2.18. The number of amides is 1. The second-order valence-electron chi connectivity index (χ2n) is 4.25. The lowest BCUT2D eigenvalue weighted by molar-refractivity contribution is -0.137. The molecule has 3 nitrogen and oxygen atoms in total. The maximum atomic E-state index is 12.6.